The zero-order valence-corrected chi connectivity index (χ0v) is 11.8. The molecule has 4 heteroatoms. The van der Waals surface area contributed by atoms with E-state index in [1.54, 1.807) is 0 Å². The predicted octanol–water partition coefficient (Wildman–Crippen LogP) is 2.25. The molecule has 102 valence electrons. The molecule has 3 rings (SSSR count). The number of aromatic nitrogens is 2. The lowest BCUT2D eigenvalue weighted by Gasteiger charge is -2.26. The van der Waals surface area contributed by atoms with E-state index in [-0.39, 0.29) is 0 Å². The molecule has 0 aromatic carbocycles. The van der Waals surface area contributed by atoms with Crippen LogP contribution < -0.4 is 4.90 Å². The van der Waals surface area contributed by atoms with E-state index in [1.165, 1.54) is 12.2 Å². The van der Waals surface area contributed by atoms with Crippen LogP contribution >= 0.6 is 0 Å². The first-order valence-electron chi connectivity index (χ1n) is 7.24. The molecule has 3 heterocycles. The Morgan fingerprint density at radius 3 is 2.95 bits per heavy atom. The van der Waals surface area contributed by atoms with E-state index in [1.807, 2.05) is 6.20 Å². The normalized spacial score (nSPS) is 19.7. The lowest BCUT2D eigenvalue weighted by atomic mass is 10.2. The summed E-state index contributed by atoms with van der Waals surface area (Å²) in [5.41, 5.74) is 1.03. The number of rotatable bonds is 4. The summed E-state index contributed by atoms with van der Waals surface area (Å²) in [6.07, 6.45) is 5.18. The number of pyridine rings is 1. The molecule has 0 N–H and O–H groups in total. The number of fused-ring (bicyclic) bond motifs is 1. The number of likely N-dealkylation sites (N-methyl/N-ethyl adjacent to an activating group) is 1. The Bertz CT molecular complexity index is 544. The van der Waals surface area contributed by atoms with Crippen LogP contribution in [0.3, 0.4) is 0 Å². The smallest absolute Gasteiger partial charge is 0.138 e. The third-order valence-corrected chi connectivity index (χ3v) is 4.22. The minimum absolute atomic E-state index is 0.689. The summed E-state index contributed by atoms with van der Waals surface area (Å²) >= 11 is 0. The Hall–Kier alpha value is -1.55. The second-order valence-corrected chi connectivity index (χ2v) is 5.15. The lowest BCUT2D eigenvalue weighted by molar-refractivity contribution is 0.232. The summed E-state index contributed by atoms with van der Waals surface area (Å²) in [5.74, 6) is 1.27. The minimum Gasteiger partial charge on any atom is -0.356 e. The first kappa shape index (κ1) is 12.5. The summed E-state index contributed by atoms with van der Waals surface area (Å²) in [6.45, 7) is 9.05. The minimum atomic E-state index is 0.689. The molecule has 0 saturated carbocycles. The SMILES string of the molecule is CCN(CC)[C@@H]1CCN(c2cccc3nccn23)C1. The van der Waals surface area contributed by atoms with Gasteiger partial charge in [-0.05, 0) is 31.6 Å². The summed E-state index contributed by atoms with van der Waals surface area (Å²) in [6, 6.07) is 7.04. The van der Waals surface area contributed by atoms with E-state index in [4.69, 9.17) is 0 Å². The van der Waals surface area contributed by atoms with E-state index < -0.39 is 0 Å². The van der Waals surface area contributed by atoms with Crippen LogP contribution in [0.5, 0.6) is 0 Å². The summed E-state index contributed by atoms with van der Waals surface area (Å²) in [5, 5.41) is 0. The van der Waals surface area contributed by atoms with Crippen LogP contribution in [0, 0.1) is 0 Å². The van der Waals surface area contributed by atoms with Crippen molar-refractivity contribution >= 4 is 11.5 Å². The van der Waals surface area contributed by atoms with E-state index in [0.717, 1.165) is 31.8 Å². The quantitative estimate of drug-likeness (QED) is 0.840. The summed E-state index contributed by atoms with van der Waals surface area (Å²) in [4.78, 5) is 9.41. The molecule has 0 radical (unpaired) electrons. The Morgan fingerprint density at radius 2 is 2.16 bits per heavy atom. The fourth-order valence-corrected chi connectivity index (χ4v) is 3.18. The first-order chi connectivity index (χ1) is 9.33. The van der Waals surface area contributed by atoms with E-state index in [9.17, 15) is 0 Å². The maximum atomic E-state index is 4.36. The summed E-state index contributed by atoms with van der Waals surface area (Å²) in [7, 11) is 0. The summed E-state index contributed by atoms with van der Waals surface area (Å²) < 4.78 is 2.19. The van der Waals surface area contributed by atoms with Gasteiger partial charge in [0.2, 0.25) is 0 Å². The molecule has 0 unspecified atom stereocenters. The highest BCUT2D eigenvalue weighted by Gasteiger charge is 2.27. The van der Waals surface area contributed by atoms with Crippen molar-refractivity contribution in [2.45, 2.75) is 26.3 Å². The Morgan fingerprint density at radius 1 is 1.32 bits per heavy atom. The number of hydrogen-bond acceptors (Lipinski definition) is 3. The molecule has 1 atom stereocenters. The molecule has 0 spiro atoms. The van der Waals surface area contributed by atoms with Crippen molar-refractivity contribution < 1.29 is 0 Å². The van der Waals surface area contributed by atoms with Crippen LogP contribution in [-0.2, 0) is 0 Å². The van der Waals surface area contributed by atoms with Gasteiger partial charge in [0.1, 0.15) is 11.5 Å². The maximum Gasteiger partial charge on any atom is 0.138 e. The van der Waals surface area contributed by atoms with E-state index in [2.05, 4.69) is 57.4 Å². The fourth-order valence-electron chi connectivity index (χ4n) is 3.18. The first-order valence-corrected chi connectivity index (χ1v) is 7.24. The number of anilines is 1. The standard InChI is InChI=1S/C15H22N4/c1-3-17(4-2)13-8-10-18(12-13)15-7-5-6-14-16-9-11-19(14)15/h5-7,9,11,13H,3-4,8,10,12H2,1-2H3/t13-/m1/s1. The molecule has 1 aliphatic heterocycles. The number of nitrogens with zero attached hydrogens (tertiary/aromatic N) is 4. The Labute approximate surface area is 114 Å². The molecule has 1 aliphatic rings. The van der Waals surface area contributed by atoms with Crippen LogP contribution in [0.1, 0.15) is 20.3 Å². The zero-order chi connectivity index (χ0) is 13.2. The van der Waals surface area contributed by atoms with Gasteiger partial charge in [0.25, 0.3) is 0 Å². The maximum absolute atomic E-state index is 4.36. The zero-order valence-electron chi connectivity index (χ0n) is 11.8. The molecule has 19 heavy (non-hydrogen) atoms. The molecule has 0 bridgehead atoms. The van der Waals surface area contributed by atoms with Crippen LogP contribution in [-0.4, -0.2) is 46.5 Å². The van der Waals surface area contributed by atoms with Crippen LogP contribution in [0.25, 0.3) is 5.65 Å². The largest absolute Gasteiger partial charge is 0.356 e. The third kappa shape index (κ3) is 2.21. The van der Waals surface area contributed by atoms with E-state index >= 15 is 0 Å². The van der Waals surface area contributed by atoms with Crippen molar-refractivity contribution in [2.75, 3.05) is 31.1 Å². The molecule has 2 aromatic heterocycles. The van der Waals surface area contributed by atoms with Crippen LogP contribution in [0.4, 0.5) is 5.82 Å². The van der Waals surface area contributed by atoms with Crippen LogP contribution in [0.15, 0.2) is 30.6 Å². The van der Waals surface area contributed by atoms with Gasteiger partial charge in [-0.3, -0.25) is 9.30 Å². The highest BCUT2D eigenvalue weighted by atomic mass is 15.3. The average molecular weight is 258 g/mol. The van der Waals surface area contributed by atoms with Gasteiger partial charge < -0.3 is 4.90 Å². The van der Waals surface area contributed by atoms with Crippen molar-refractivity contribution in [3.8, 4) is 0 Å². The predicted molar refractivity (Wildman–Crippen MR) is 78.7 cm³/mol. The van der Waals surface area contributed by atoms with Crippen molar-refractivity contribution in [3.63, 3.8) is 0 Å². The molecule has 0 aliphatic carbocycles. The second-order valence-electron chi connectivity index (χ2n) is 5.15. The molecule has 4 nitrogen and oxygen atoms in total. The topological polar surface area (TPSA) is 23.8 Å². The van der Waals surface area contributed by atoms with Gasteiger partial charge in [-0.15, -0.1) is 0 Å². The lowest BCUT2D eigenvalue weighted by Crippen LogP contribution is -2.37. The highest BCUT2D eigenvalue weighted by molar-refractivity contribution is 5.52. The molecule has 2 aromatic rings. The van der Waals surface area contributed by atoms with Crippen molar-refractivity contribution in [3.05, 3.63) is 30.6 Å². The van der Waals surface area contributed by atoms with Gasteiger partial charge in [0, 0.05) is 31.5 Å². The number of imidazole rings is 1. The van der Waals surface area contributed by atoms with Gasteiger partial charge in [-0.2, -0.15) is 0 Å². The second kappa shape index (κ2) is 5.21. The third-order valence-electron chi connectivity index (χ3n) is 4.22. The van der Waals surface area contributed by atoms with Crippen molar-refractivity contribution in [2.24, 2.45) is 0 Å². The van der Waals surface area contributed by atoms with E-state index in [0.29, 0.717) is 6.04 Å². The molecular formula is C15H22N4. The van der Waals surface area contributed by atoms with Gasteiger partial charge >= 0.3 is 0 Å². The highest BCUT2D eigenvalue weighted by Crippen LogP contribution is 2.23. The fraction of sp³-hybridized carbons (Fsp3) is 0.533. The molecule has 0 amide bonds. The van der Waals surface area contributed by atoms with Gasteiger partial charge in [-0.1, -0.05) is 19.9 Å². The van der Waals surface area contributed by atoms with Gasteiger partial charge in [-0.25, -0.2) is 4.98 Å². The van der Waals surface area contributed by atoms with Crippen molar-refractivity contribution in [1.82, 2.24) is 14.3 Å². The molecule has 1 fully saturated rings. The molecular weight excluding hydrogens is 236 g/mol. The average Bonchev–Trinajstić information content (AvgIpc) is 3.08. The van der Waals surface area contributed by atoms with Gasteiger partial charge in [0.05, 0.1) is 0 Å². The Kier molecular flexibility index (Phi) is 3.42. The molecule has 1 saturated heterocycles. The monoisotopic (exact) mass is 258 g/mol. The Balaban J connectivity index is 1.83. The van der Waals surface area contributed by atoms with Gasteiger partial charge in [0.15, 0.2) is 0 Å². The number of hydrogen-bond donors (Lipinski definition) is 0. The van der Waals surface area contributed by atoms with Crippen molar-refractivity contribution in [1.29, 1.82) is 0 Å². The van der Waals surface area contributed by atoms with Crippen LogP contribution in [0.2, 0.25) is 0 Å².